The molecule has 0 N–H and O–H groups in total. The summed E-state index contributed by atoms with van der Waals surface area (Å²) in [5, 5.41) is 0. The van der Waals surface area contributed by atoms with E-state index in [1.807, 2.05) is 0 Å². The maximum Gasteiger partial charge on any atom is -0.0146 e. The van der Waals surface area contributed by atoms with Crippen LogP contribution in [0.4, 0.5) is 0 Å². The summed E-state index contributed by atoms with van der Waals surface area (Å²) in [4.78, 5) is 0. The van der Waals surface area contributed by atoms with Gasteiger partial charge in [0.15, 0.2) is 0 Å². The van der Waals surface area contributed by atoms with E-state index < -0.39 is 0 Å². The minimum absolute atomic E-state index is 1.23. The fraction of sp³-hybridized carbons (Fsp3) is 0.667. The summed E-state index contributed by atoms with van der Waals surface area (Å²) in [7, 11) is 0. The highest BCUT2D eigenvalue weighted by atomic mass is 14.1. The molecule has 0 aliphatic rings. The van der Waals surface area contributed by atoms with Crippen LogP contribution >= 0.6 is 0 Å². The number of hydrogen-bond donors (Lipinski definition) is 0. The molecule has 0 aromatic heterocycles. The van der Waals surface area contributed by atoms with Gasteiger partial charge in [-0.2, -0.15) is 0 Å². The maximum atomic E-state index is 3.48. The predicted octanol–water partition coefficient (Wildman–Crippen LogP) is 5.65. The maximum absolute atomic E-state index is 3.48. The van der Waals surface area contributed by atoms with Gasteiger partial charge in [-0.05, 0) is 55.4 Å². The molecule has 1 aromatic rings. The van der Waals surface area contributed by atoms with Gasteiger partial charge in [0.25, 0.3) is 0 Å². The Bertz CT molecular complexity index is 325. The average Bonchev–Trinajstić information content (AvgIpc) is 2.37. The number of aryl methyl sites for hydroxylation is 2. The molecule has 0 saturated carbocycles. The van der Waals surface area contributed by atoms with Crippen molar-refractivity contribution in [2.75, 3.05) is 0 Å². The molecule has 0 saturated heterocycles. The van der Waals surface area contributed by atoms with Gasteiger partial charge in [-0.3, -0.25) is 0 Å². The van der Waals surface area contributed by atoms with Crippen LogP contribution < -0.4 is 0 Å². The summed E-state index contributed by atoms with van der Waals surface area (Å²) in [6.45, 7) is 6.80. The third kappa shape index (κ3) is 5.25. The van der Waals surface area contributed by atoms with Gasteiger partial charge in [0, 0.05) is 0 Å². The molecule has 18 heavy (non-hydrogen) atoms. The molecule has 0 spiro atoms. The minimum atomic E-state index is 1.23. The fourth-order valence-corrected chi connectivity index (χ4v) is 2.54. The second-order valence-corrected chi connectivity index (χ2v) is 5.39. The first-order valence-electron chi connectivity index (χ1n) is 7.78. The first-order valence-corrected chi connectivity index (χ1v) is 7.78. The van der Waals surface area contributed by atoms with Crippen LogP contribution in [0.1, 0.15) is 75.5 Å². The molecule has 101 valence electrons. The van der Waals surface area contributed by atoms with E-state index in [-0.39, 0.29) is 0 Å². The zero-order valence-electron chi connectivity index (χ0n) is 12.5. The van der Waals surface area contributed by atoms with Gasteiger partial charge in [0.2, 0.25) is 0 Å². The van der Waals surface area contributed by atoms with Crippen molar-refractivity contribution in [1.82, 2.24) is 0 Å². The first-order chi connectivity index (χ1) is 8.79. The number of rotatable bonds is 9. The lowest BCUT2D eigenvalue weighted by Gasteiger charge is -2.12. The van der Waals surface area contributed by atoms with Gasteiger partial charge in [-0.1, -0.05) is 58.1 Å². The summed E-state index contributed by atoms with van der Waals surface area (Å²) in [5.74, 6) is 0. The Labute approximate surface area is 114 Å². The van der Waals surface area contributed by atoms with Gasteiger partial charge < -0.3 is 0 Å². The van der Waals surface area contributed by atoms with Gasteiger partial charge in [0.05, 0.1) is 0 Å². The van der Waals surface area contributed by atoms with Crippen molar-refractivity contribution in [3.05, 3.63) is 34.9 Å². The van der Waals surface area contributed by atoms with E-state index in [0.717, 1.165) is 0 Å². The van der Waals surface area contributed by atoms with Crippen LogP contribution in [0, 0.1) is 13.0 Å². The number of unbranched alkanes of at least 4 members (excludes halogenated alkanes) is 5. The molecule has 0 heterocycles. The van der Waals surface area contributed by atoms with Gasteiger partial charge in [0.1, 0.15) is 0 Å². The SMILES string of the molecule is CCCCCCc1[c]ccc(C)c1CCCCC. The Kier molecular flexibility index (Phi) is 7.80. The molecule has 1 aromatic carbocycles. The molecule has 0 unspecified atom stereocenters. The van der Waals surface area contributed by atoms with E-state index in [0.29, 0.717) is 0 Å². The van der Waals surface area contributed by atoms with Gasteiger partial charge >= 0.3 is 0 Å². The largest absolute Gasteiger partial charge is 0.0654 e. The monoisotopic (exact) mass is 245 g/mol. The van der Waals surface area contributed by atoms with Crippen molar-refractivity contribution in [3.8, 4) is 0 Å². The standard InChI is InChI=1S/C18H29/c1-4-6-8-10-13-17-14-11-12-16(3)18(17)15-9-7-5-2/h11-12H,4-10,13,15H2,1-3H3. The first kappa shape index (κ1) is 15.3. The van der Waals surface area contributed by atoms with Crippen LogP contribution in [0.2, 0.25) is 0 Å². The lowest BCUT2D eigenvalue weighted by Crippen LogP contribution is -1.98. The van der Waals surface area contributed by atoms with Crippen molar-refractivity contribution in [2.45, 2.75) is 78.6 Å². The molecule has 0 aliphatic carbocycles. The Morgan fingerprint density at radius 2 is 1.56 bits per heavy atom. The third-order valence-corrected chi connectivity index (χ3v) is 3.74. The molecule has 1 radical (unpaired) electrons. The summed E-state index contributed by atoms with van der Waals surface area (Å²) < 4.78 is 0. The van der Waals surface area contributed by atoms with Gasteiger partial charge in [-0.25, -0.2) is 0 Å². The zero-order valence-corrected chi connectivity index (χ0v) is 12.5. The molecule has 0 fully saturated rings. The molecule has 0 heteroatoms. The lowest BCUT2D eigenvalue weighted by molar-refractivity contribution is 0.659. The molecule has 1 rings (SSSR count). The Morgan fingerprint density at radius 3 is 2.28 bits per heavy atom. The highest BCUT2D eigenvalue weighted by Crippen LogP contribution is 2.19. The van der Waals surface area contributed by atoms with Crippen LogP contribution in [0.15, 0.2) is 12.1 Å². The zero-order chi connectivity index (χ0) is 13.2. The van der Waals surface area contributed by atoms with E-state index in [4.69, 9.17) is 0 Å². The smallest absolute Gasteiger partial charge is 0.0146 e. The predicted molar refractivity (Wildman–Crippen MR) is 81.1 cm³/mol. The normalized spacial score (nSPS) is 10.8. The Hall–Kier alpha value is -0.780. The molecule has 0 bridgehead atoms. The summed E-state index contributed by atoms with van der Waals surface area (Å²) in [6, 6.07) is 7.81. The number of hydrogen-bond acceptors (Lipinski definition) is 0. The molecule has 0 amide bonds. The molecule has 0 atom stereocenters. The topological polar surface area (TPSA) is 0 Å². The fourth-order valence-electron chi connectivity index (χ4n) is 2.54. The average molecular weight is 245 g/mol. The highest BCUT2D eigenvalue weighted by Gasteiger charge is 2.05. The molecule has 0 aliphatic heterocycles. The van der Waals surface area contributed by atoms with E-state index in [1.165, 1.54) is 68.9 Å². The van der Waals surface area contributed by atoms with Crippen LogP contribution in [-0.4, -0.2) is 0 Å². The summed E-state index contributed by atoms with van der Waals surface area (Å²) in [5.41, 5.74) is 4.54. The second kappa shape index (κ2) is 9.19. The van der Waals surface area contributed by atoms with Crippen molar-refractivity contribution >= 4 is 0 Å². The molecule has 0 nitrogen and oxygen atoms in total. The summed E-state index contributed by atoms with van der Waals surface area (Å²) >= 11 is 0. The minimum Gasteiger partial charge on any atom is -0.0654 e. The van der Waals surface area contributed by atoms with Crippen molar-refractivity contribution < 1.29 is 0 Å². The van der Waals surface area contributed by atoms with Crippen LogP contribution in [-0.2, 0) is 12.8 Å². The van der Waals surface area contributed by atoms with E-state index >= 15 is 0 Å². The lowest BCUT2D eigenvalue weighted by atomic mass is 9.93. The quantitative estimate of drug-likeness (QED) is 0.493. The second-order valence-electron chi connectivity index (χ2n) is 5.39. The van der Waals surface area contributed by atoms with E-state index in [2.05, 4.69) is 39.0 Å². The van der Waals surface area contributed by atoms with Crippen LogP contribution in [0.5, 0.6) is 0 Å². The van der Waals surface area contributed by atoms with Crippen molar-refractivity contribution in [1.29, 1.82) is 0 Å². The van der Waals surface area contributed by atoms with Crippen LogP contribution in [0.3, 0.4) is 0 Å². The third-order valence-electron chi connectivity index (χ3n) is 3.74. The highest BCUT2D eigenvalue weighted by molar-refractivity contribution is 5.33. The van der Waals surface area contributed by atoms with E-state index in [1.54, 1.807) is 5.56 Å². The van der Waals surface area contributed by atoms with E-state index in [9.17, 15) is 0 Å². The van der Waals surface area contributed by atoms with Crippen molar-refractivity contribution in [2.24, 2.45) is 0 Å². The number of benzene rings is 1. The molecular formula is C18H29. The summed E-state index contributed by atoms with van der Waals surface area (Å²) in [6.07, 6.45) is 11.9. The molecular weight excluding hydrogens is 216 g/mol. The Morgan fingerprint density at radius 1 is 0.889 bits per heavy atom. The van der Waals surface area contributed by atoms with Crippen molar-refractivity contribution in [3.63, 3.8) is 0 Å². The van der Waals surface area contributed by atoms with Crippen LogP contribution in [0.25, 0.3) is 0 Å². The Balaban J connectivity index is 2.56. The van der Waals surface area contributed by atoms with Gasteiger partial charge in [-0.15, -0.1) is 0 Å².